The number of amides is 1. The SMILES string of the molecule is CCCSc1nnc(SCC(=O)NCCc2c[nH]c3ccccc23)s1. The molecule has 25 heavy (non-hydrogen) atoms. The Hall–Kier alpha value is -1.51. The number of nitrogens with zero attached hydrogens (tertiary/aromatic N) is 2. The molecule has 0 saturated heterocycles. The highest BCUT2D eigenvalue weighted by Gasteiger charge is 2.09. The largest absolute Gasteiger partial charge is 0.361 e. The van der Waals surface area contributed by atoms with Crippen molar-refractivity contribution in [1.82, 2.24) is 20.5 Å². The maximum absolute atomic E-state index is 12.0. The van der Waals surface area contributed by atoms with Crippen molar-refractivity contribution in [1.29, 1.82) is 0 Å². The summed E-state index contributed by atoms with van der Waals surface area (Å²) in [7, 11) is 0. The number of rotatable bonds is 9. The van der Waals surface area contributed by atoms with Gasteiger partial charge in [-0.15, -0.1) is 10.2 Å². The van der Waals surface area contributed by atoms with E-state index in [2.05, 4.69) is 39.6 Å². The van der Waals surface area contributed by atoms with Crippen molar-refractivity contribution in [2.24, 2.45) is 0 Å². The molecule has 132 valence electrons. The van der Waals surface area contributed by atoms with Gasteiger partial charge >= 0.3 is 0 Å². The standard InChI is InChI=1S/C17H20N4OS3/c1-2-9-23-16-20-21-17(25-16)24-11-15(22)18-8-7-12-10-19-14-6-4-3-5-13(12)14/h3-6,10,19H,2,7-9,11H2,1H3,(H,18,22). The van der Waals surface area contributed by atoms with E-state index in [1.807, 2.05) is 18.3 Å². The second kappa shape index (κ2) is 9.26. The van der Waals surface area contributed by atoms with E-state index in [1.54, 1.807) is 23.1 Å². The number of aromatic amines is 1. The average Bonchev–Trinajstić information content (AvgIpc) is 3.25. The molecule has 0 radical (unpaired) electrons. The predicted molar refractivity (Wildman–Crippen MR) is 107 cm³/mol. The fourth-order valence-electron chi connectivity index (χ4n) is 2.36. The second-order valence-electron chi connectivity index (χ2n) is 5.43. The lowest BCUT2D eigenvalue weighted by Gasteiger charge is -2.03. The van der Waals surface area contributed by atoms with Crippen LogP contribution in [0.2, 0.25) is 0 Å². The molecule has 0 unspecified atom stereocenters. The average molecular weight is 393 g/mol. The smallest absolute Gasteiger partial charge is 0.230 e. The van der Waals surface area contributed by atoms with Gasteiger partial charge in [-0.25, -0.2) is 0 Å². The van der Waals surface area contributed by atoms with E-state index < -0.39 is 0 Å². The normalized spacial score (nSPS) is 11.1. The molecule has 0 aliphatic rings. The molecular formula is C17H20N4OS3. The van der Waals surface area contributed by atoms with Crippen LogP contribution in [-0.4, -0.2) is 39.1 Å². The van der Waals surface area contributed by atoms with Crippen molar-refractivity contribution in [3.63, 3.8) is 0 Å². The summed E-state index contributed by atoms with van der Waals surface area (Å²) in [6.45, 7) is 2.78. The minimum atomic E-state index is 0.0304. The van der Waals surface area contributed by atoms with Gasteiger partial charge in [0, 0.05) is 29.4 Å². The van der Waals surface area contributed by atoms with Crippen molar-refractivity contribution >= 4 is 51.7 Å². The lowest BCUT2D eigenvalue weighted by molar-refractivity contribution is -0.118. The zero-order chi connectivity index (χ0) is 17.5. The first-order valence-corrected chi connectivity index (χ1v) is 11.0. The maximum Gasteiger partial charge on any atom is 0.230 e. The number of carbonyl (C=O) groups excluding carboxylic acids is 1. The van der Waals surface area contributed by atoms with E-state index in [0.29, 0.717) is 12.3 Å². The fraction of sp³-hybridized carbons (Fsp3) is 0.353. The van der Waals surface area contributed by atoms with Crippen LogP contribution in [0.3, 0.4) is 0 Å². The molecule has 8 heteroatoms. The van der Waals surface area contributed by atoms with E-state index >= 15 is 0 Å². The summed E-state index contributed by atoms with van der Waals surface area (Å²) < 4.78 is 1.83. The van der Waals surface area contributed by atoms with Gasteiger partial charge in [-0.05, 0) is 24.5 Å². The Kier molecular flexibility index (Phi) is 6.77. The molecule has 3 aromatic rings. The minimum absolute atomic E-state index is 0.0304. The van der Waals surface area contributed by atoms with Gasteiger partial charge in [-0.3, -0.25) is 4.79 Å². The Balaban J connectivity index is 1.40. The Labute approximate surface area is 159 Å². The summed E-state index contributed by atoms with van der Waals surface area (Å²) in [5, 5.41) is 12.4. The lowest BCUT2D eigenvalue weighted by atomic mass is 10.1. The van der Waals surface area contributed by atoms with Gasteiger partial charge in [0.2, 0.25) is 5.91 Å². The van der Waals surface area contributed by atoms with Gasteiger partial charge in [-0.2, -0.15) is 0 Å². The third kappa shape index (κ3) is 5.23. The van der Waals surface area contributed by atoms with E-state index in [-0.39, 0.29) is 5.91 Å². The van der Waals surface area contributed by atoms with Crippen LogP contribution in [-0.2, 0) is 11.2 Å². The quantitative estimate of drug-likeness (QED) is 0.539. The number of hydrogen-bond donors (Lipinski definition) is 2. The Bertz CT molecular complexity index is 830. The summed E-state index contributed by atoms with van der Waals surface area (Å²) in [6, 6.07) is 8.21. The highest BCUT2D eigenvalue weighted by atomic mass is 32.2. The molecular weight excluding hydrogens is 372 g/mol. The highest BCUT2D eigenvalue weighted by molar-refractivity contribution is 8.03. The van der Waals surface area contributed by atoms with Crippen LogP contribution < -0.4 is 5.32 Å². The van der Waals surface area contributed by atoms with Crippen LogP contribution in [0.1, 0.15) is 18.9 Å². The number of carbonyl (C=O) groups is 1. The molecule has 0 atom stereocenters. The van der Waals surface area contributed by atoms with Crippen LogP contribution in [0.25, 0.3) is 10.9 Å². The zero-order valence-corrected chi connectivity index (χ0v) is 16.4. The monoisotopic (exact) mass is 392 g/mol. The molecule has 2 aromatic heterocycles. The molecule has 0 aliphatic carbocycles. The van der Waals surface area contributed by atoms with Gasteiger partial charge in [0.15, 0.2) is 8.68 Å². The van der Waals surface area contributed by atoms with E-state index in [0.717, 1.165) is 32.8 Å². The van der Waals surface area contributed by atoms with Gasteiger partial charge in [0.1, 0.15) is 0 Å². The summed E-state index contributed by atoms with van der Waals surface area (Å²) in [5.74, 6) is 1.46. The van der Waals surface area contributed by atoms with Gasteiger partial charge < -0.3 is 10.3 Å². The van der Waals surface area contributed by atoms with Crippen LogP contribution >= 0.6 is 34.9 Å². The summed E-state index contributed by atoms with van der Waals surface area (Å²) in [4.78, 5) is 15.3. The van der Waals surface area contributed by atoms with Crippen LogP contribution in [0.4, 0.5) is 0 Å². The number of fused-ring (bicyclic) bond motifs is 1. The summed E-state index contributed by atoms with van der Waals surface area (Å²) >= 11 is 4.72. The van der Waals surface area contributed by atoms with E-state index in [4.69, 9.17) is 0 Å². The molecule has 0 spiro atoms. The molecule has 1 amide bonds. The molecule has 0 aliphatic heterocycles. The lowest BCUT2D eigenvalue weighted by Crippen LogP contribution is -2.27. The molecule has 0 fully saturated rings. The third-order valence-electron chi connectivity index (χ3n) is 3.54. The van der Waals surface area contributed by atoms with Gasteiger partial charge in [0.05, 0.1) is 5.75 Å². The van der Waals surface area contributed by atoms with E-state index in [9.17, 15) is 4.79 Å². The number of para-hydroxylation sites is 1. The Morgan fingerprint density at radius 2 is 2.04 bits per heavy atom. The fourth-order valence-corrected chi connectivity index (χ4v) is 5.13. The Morgan fingerprint density at radius 1 is 1.24 bits per heavy atom. The van der Waals surface area contributed by atoms with Gasteiger partial charge in [0.25, 0.3) is 0 Å². The molecule has 2 N–H and O–H groups in total. The predicted octanol–water partition coefficient (Wildman–Crippen LogP) is 3.97. The number of benzene rings is 1. The molecule has 0 bridgehead atoms. The van der Waals surface area contributed by atoms with Crippen molar-refractivity contribution in [3.8, 4) is 0 Å². The maximum atomic E-state index is 12.0. The zero-order valence-electron chi connectivity index (χ0n) is 13.9. The first kappa shape index (κ1) is 18.3. The number of thioether (sulfide) groups is 2. The summed E-state index contributed by atoms with van der Waals surface area (Å²) in [5.41, 5.74) is 2.36. The second-order valence-corrected chi connectivity index (χ2v) is 8.97. The molecule has 3 rings (SSSR count). The molecule has 5 nitrogen and oxygen atoms in total. The highest BCUT2D eigenvalue weighted by Crippen LogP contribution is 2.28. The molecule has 2 heterocycles. The minimum Gasteiger partial charge on any atom is -0.361 e. The van der Waals surface area contributed by atoms with E-state index in [1.165, 1.54) is 22.7 Å². The van der Waals surface area contributed by atoms with Crippen LogP contribution in [0, 0.1) is 0 Å². The summed E-state index contributed by atoms with van der Waals surface area (Å²) in [6.07, 6.45) is 3.95. The molecule has 0 saturated carbocycles. The molecule has 1 aromatic carbocycles. The first-order valence-electron chi connectivity index (χ1n) is 8.17. The van der Waals surface area contributed by atoms with Crippen molar-refractivity contribution in [2.75, 3.05) is 18.1 Å². The van der Waals surface area contributed by atoms with Gasteiger partial charge in [-0.1, -0.05) is 60.0 Å². The topological polar surface area (TPSA) is 70.7 Å². The number of aromatic nitrogens is 3. The third-order valence-corrected chi connectivity index (χ3v) is 6.93. The number of hydrogen-bond acceptors (Lipinski definition) is 6. The van der Waals surface area contributed by atoms with Crippen LogP contribution in [0.15, 0.2) is 39.1 Å². The first-order chi connectivity index (χ1) is 12.3. The van der Waals surface area contributed by atoms with Crippen molar-refractivity contribution in [3.05, 3.63) is 36.0 Å². The van der Waals surface area contributed by atoms with Crippen molar-refractivity contribution in [2.45, 2.75) is 28.4 Å². The number of H-pyrrole nitrogens is 1. The number of nitrogens with one attached hydrogen (secondary N) is 2. The van der Waals surface area contributed by atoms with Crippen LogP contribution in [0.5, 0.6) is 0 Å². The van der Waals surface area contributed by atoms with Crippen molar-refractivity contribution < 1.29 is 4.79 Å². The Morgan fingerprint density at radius 3 is 2.88 bits per heavy atom.